The largest absolute Gasteiger partial charge is 0.462 e. The minimum Gasteiger partial charge on any atom is -0.462 e. The van der Waals surface area contributed by atoms with Crippen LogP contribution in [0.25, 0.3) is 6.08 Å². The van der Waals surface area contributed by atoms with E-state index in [4.69, 9.17) is 4.74 Å². The lowest BCUT2D eigenvalue weighted by Gasteiger charge is -2.07. The molecule has 1 heterocycles. The van der Waals surface area contributed by atoms with Crippen LogP contribution in [0, 0.1) is 12.7 Å². The molecule has 0 aliphatic carbocycles. The number of benzene rings is 1. The van der Waals surface area contributed by atoms with Crippen molar-refractivity contribution in [2.24, 2.45) is 0 Å². The summed E-state index contributed by atoms with van der Waals surface area (Å²) in [6.07, 6.45) is 4.54. The quantitative estimate of drug-likeness (QED) is 0.279. The molecule has 0 fully saturated rings. The van der Waals surface area contributed by atoms with Gasteiger partial charge in [0, 0.05) is 12.4 Å². The van der Waals surface area contributed by atoms with Crippen LogP contribution in [0.4, 0.5) is 4.39 Å². The molecule has 0 spiro atoms. The number of nitrogens with zero attached hydrogens (tertiary/aromatic N) is 1. The van der Waals surface area contributed by atoms with Crippen molar-refractivity contribution < 1.29 is 18.7 Å². The third-order valence-corrected chi connectivity index (χ3v) is 3.07. The molecule has 0 bridgehead atoms. The highest BCUT2D eigenvalue weighted by Gasteiger charge is 2.23. The summed E-state index contributed by atoms with van der Waals surface area (Å²) >= 11 is 0. The summed E-state index contributed by atoms with van der Waals surface area (Å²) in [5, 5.41) is 0. The van der Waals surface area contributed by atoms with E-state index < -0.39 is 17.6 Å². The van der Waals surface area contributed by atoms with Crippen LogP contribution in [-0.2, 0) is 9.53 Å². The molecule has 0 amide bonds. The molecule has 4 nitrogen and oxygen atoms in total. The lowest BCUT2D eigenvalue weighted by atomic mass is 10.0. The van der Waals surface area contributed by atoms with E-state index in [1.165, 1.54) is 36.5 Å². The summed E-state index contributed by atoms with van der Waals surface area (Å²) in [6, 6.07) is 7.28. The Morgan fingerprint density at radius 1 is 1.26 bits per heavy atom. The minimum absolute atomic E-state index is 0.118. The molecule has 0 radical (unpaired) electrons. The van der Waals surface area contributed by atoms with Gasteiger partial charge in [0.2, 0.25) is 5.78 Å². The number of aromatic nitrogens is 1. The average Bonchev–Trinajstić information content (AvgIpc) is 2.53. The molecular weight excluding hydrogens is 297 g/mol. The first-order chi connectivity index (χ1) is 11.0. The van der Waals surface area contributed by atoms with E-state index in [9.17, 15) is 14.0 Å². The molecule has 0 aliphatic rings. The predicted molar refractivity (Wildman–Crippen MR) is 84.3 cm³/mol. The third-order valence-electron chi connectivity index (χ3n) is 3.07. The number of pyridine rings is 1. The zero-order chi connectivity index (χ0) is 16.8. The Balaban J connectivity index is 2.48. The Kier molecular flexibility index (Phi) is 5.36. The highest BCUT2D eigenvalue weighted by molar-refractivity contribution is 6.26. The number of aryl methyl sites for hydroxylation is 1. The zero-order valence-corrected chi connectivity index (χ0v) is 12.9. The van der Waals surface area contributed by atoms with Crippen molar-refractivity contribution in [1.29, 1.82) is 0 Å². The molecule has 23 heavy (non-hydrogen) atoms. The molecule has 0 unspecified atom stereocenters. The van der Waals surface area contributed by atoms with Gasteiger partial charge in [0.15, 0.2) is 0 Å². The molecule has 0 aliphatic heterocycles. The van der Waals surface area contributed by atoms with Crippen molar-refractivity contribution in [1.82, 2.24) is 4.98 Å². The molecule has 0 atom stereocenters. The number of carbonyl (C=O) groups excluding carboxylic acids is 2. The van der Waals surface area contributed by atoms with Crippen LogP contribution in [0.2, 0.25) is 0 Å². The lowest BCUT2D eigenvalue weighted by Crippen LogP contribution is -2.17. The summed E-state index contributed by atoms with van der Waals surface area (Å²) < 4.78 is 18.8. The van der Waals surface area contributed by atoms with Gasteiger partial charge in [-0.15, -0.1) is 0 Å². The predicted octanol–water partition coefficient (Wildman–Crippen LogP) is 3.36. The topological polar surface area (TPSA) is 56.3 Å². The summed E-state index contributed by atoms with van der Waals surface area (Å²) in [4.78, 5) is 28.7. The molecule has 0 saturated heterocycles. The number of ether oxygens (including phenoxy) is 1. The minimum atomic E-state index is -0.790. The van der Waals surface area contributed by atoms with Gasteiger partial charge in [-0.25, -0.2) is 9.18 Å². The van der Waals surface area contributed by atoms with Crippen LogP contribution in [-0.4, -0.2) is 23.3 Å². The molecule has 2 rings (SSSR count). The van der Waals surface area contributed by atoms with Gasteiger partial charge < -0.3 is 4.74 Å². The van der Waals surface area contributed by atoms with Gasteiger partial charge >= 0.3 is 5.97 Å². The van der Waals surface area contributed by atoms with Crippen molar-refractivity contribution in [3.63, 3.8) is 0 Å². The number of carbonyl (C=O) groups is 2. The van der Waals surface area contributed by atoms with Crippen LogP contribution >= 0.6 is 0 Å². The van der Waals surface area contributed by atoms with E-state index in [1.807, 2.05) is 6.92 Å². The van der Waals surface area contributed by atoms with Crippen LogP contribution in [0.1, 0.15) is 28.4 Å². The Morgan fingerprint density at radius 3 is 2.65 bits per heavy atom. The van der Waals surface area contributed by atoms with Crippen LogP contribution in [0.3, 0.4) is 0 Å². The van der Waals surface area contributed by atoms with E-state index in [2.05, 4.69) is 4.98 Å². The van der Waals surface area contributed by atoms with Crippen molar-refractivity contribution in [2.75, 3.05) is 6.61 Å². The normalized spacial score (nSPS) is 11.2. The zero-order valence-electron chi connectivity index (χ0n) is 12.9. The van der Waals surface area contributed by atoms with E-state index in [0.717, 1.165) is 5.56 Å². The number of halogens is 1. The van der Waals surface area contributed by atoms with Gasteiger partial charge in [0.05, 0.1) is 12.2 Å². The van der Waals surface area contributed by atoms with Crippen molar-refractivity contribution in [3.05, 3.63) is 70.8 Å². The molecule has 5 heteroatoms. The first-order valence-corrected chi connectivity index (χ1v) is 7.12. The average molecular weight is 313 g/mol. The van der Waals surface area contributed by atoms with Gasteiger partial charge in [0.1, 0.15) is 11.4 Å². The van der Waals surface area contributed by atoms with Crippen LogP contribution in [0.15, 0.2) is 48.3 Å². The van der Waals surface area contributed by atoms with E-state index in [1.54, 1.807) is 19.2 Å². The number of rotatable bonds is 5. The molecular formula is C18H16FNO3. The fourth-order valence-corrected chi connectivity index (χ4v) is 2.04. The lowest BCUT2D eigenvalue weighted by molar-refractivity contribution is -0.137. The van der Waals surface area contributed by atoms with E-state index in [-0.39, 0.29) is 17.7 Å². The fourth-order valence-electron chi connectivity index (χ4n) is 2.04. The number of ketones is 1. The number of hydrogen-bond donors (Lipinski definition) is 0. The summed E-state index contributed by atoms with van der Waals surface area (Å²) in [5.74, 6) is -2.19. The second kappa shape index (κ2) is 7.45. The molecule has 2 aromatic rings. The second-order valence-corrected chi connectivity index (χ2v) is 4.88. The summed E-state index contributed by atoms with van der Waals surface area (Å²) in [6.45, 7) is 3.59. The molecule has 118 valence electrons. The Hall–Kier alpha value is -2.82. The summed E-state index contributed by atoms with van der Waals surface area (Å²) in [7, 11) is 0. The number of hydrogen-bond acceptors (Lipinski definition) is 4. The van der Waals surface area contributed by atoms with Gasteiger partial charge in [0.25, 0.3) is 0 Å². The molecule has 0 N–H and O–H groups in total. The van der Waals surface area contributed by atoms with Gasteiger partial charge in [-0.2, -0.15) is 0 Å². The SMILES string of the molecule is CCOC(=O)C(=Cc1cncc(C)c1)C(=O)c1ccccc1F. The van der Waals surface area contributed by atoms with Gasteiger partial charge in [-0.3, -0.25) is 9.78 Å². The monoisotopic (exact) mass is 313 g/mol. The molecule has 0 saturated carbocycles. The highest BCUT2D eigenvalue weighted by atomic mass is 19.1. The maximum atomic E-state index is 13.8. The standard InChI is InChI=1S/C18H16FNO3/c1-3-23-18(22)15(9-13-8-12(2)10-20-11-13)17(21)14-6-4-5-7-16(14)19/h4-11H,3H2,1-2H3. The van der Waals surface area contributed by atoms with Crippen molar-refractivity contribution in [2.45, 2.75) is 13.8 Å². The first kappa shape index (κ1) is 16.5. The fraction of sp³-hybridized carbons (Fsp3) is 0.167. The molecule has 1 aromatic carbocycles. The Morgan fingerprint density at radius 2 is 2.00 bits per heavy atom. The Bertz CT molecular complexity index is 768. The van der Waals surface area contributed by atoms with Crippen LogP contribution < -0.4 is 0 Å². The van der Waals surface area contributed by atoms with Crippen molar-refractivity contribution >= 4 is 17.8 Å². The van der Waals surface area contributed by atoms with E-state index >= 15 is 0 Å². The Labute approximate surface area is 133 Å². The first-order valence-electron chi connectivity index (χ1n) is 7.12. The molecule has 1 aromatic heterocycles. The number of esters is 1. The second-order valence-electron chi connectivity index (χ2n) is 4.88. The summed E-state index contributed by atoms with van der Waals surface area (Å²) in [5.41, 5.74) is 1.04. The third kappa shape index (κ3) is 4.10. The smallest absolute Gasteiger partial charge is 0.342 e. The number of Topliss-reactive ketones (excluding diaryl/α,β-unsaturated/α-hetero) is 1. The maximum Gasteiger partial charge on any atom is 0.342 e. The van der Waals surface area contributed by atoms with Crippen LogP contribution in [0.5, 0.6) is 0 Å². The van der Waals surface area contributed by atoms with Gasteiger partial charge in [-0.05, 0) is 49.2 Å². The van der Waals surface area contributed by atoms with E-state index in [0.29, 0.717) is 5.56 Å². The van der Waals surface area contributed by atoms with Gasteiger partial charge in [-0.1, -0.05) is 12.1 Å². The maximum absolute atomic E-state index is 13.8. The highest BCUT2D eigenvalue weighted by Crippen LogP contribution is 2.17. The van der Waals surface area contributed by atoms with Crippen molar-refractivity contribution in [3.8, 4) is 0 Å².